The zero-order valence-corrected chi connectivity index (χ0v) is 22.3. The van der Waals surface area contributed by atoms with Crippen LogP contribution in [0.1, 0.15) is 30.0 Å². The van der Waals surface area contributed by atoms with Crippen LogP contribution in [0.15, 0.2) is 82.9 Å². The van der Waals surface area contributed by atoms with Crippen molar-refractivity contribution >= 4 is 51.7 Å². The second kappa shape index (κ2) is 11.3. The summed E-state index contributed by atoms with van der Waals surface area (Å²) in [7, 11) is 3.16. The molecule has 0 radical (unpaired) electrons. The van der Waals surface area contributed by atoms with E-state index in [-0.39, 0.29) is 24.3 Å². The number of hydrazone groups is 1. The summed E-state index contributed by atoms with van der Waals surface area (Å²) in [4.78, 5) is 30.0. The van der Waals surface area contributed by atoms with Gasteiger partial charge in [0.15, 0.2) is 5.17 Å². The van der Waals surface area contributed by atoms with E-state index in [1.807, 2.05) is 54.6 Å². The van der Waals surface area contributed by atoms with Gasteiger partial charge in [0.05, 0.1) is 31.7 Å². The maximum absolute atomic E-state index is 12.9. The Hall–Kier alpha value is -3.82. The van der Waals surface area contributed by atoms with Gasteiger partial charge in [-0.2, -0.15) is 10.1 Å². The monoisotopic (exact) mass is 548 g/mol. The van der Waals surface area contributed by atoms with Crippen molar-refractivity contribution in [2.45, 2.75) is 24.1 Å². The lowest BCUT2D eigenvalue weighted by molar-refractivity contribution is -0.121. The minimum Gasteiger partial charge on any atom is -0.497 e. The first-order chi connectivity index (χ1) is 18.4. The van der Waals surface area contributed by atoms with Crippen LogP contribution in [-0.4, -0.2) is 47.2 Å². The fourth-order valence-electron chi connectivity index (χ4n) is 4.33. The van der Waals surface area contributed by atoms with E-state index in [0.29, 0.717) is 28.0 Å². The fourth-order valence-corrected chi connectivity index (χ4v) is 5.52. The number of para-hydroxylation sites is 2. The molecule has 10 heteroatoms. The van der Waals surface area contributed by atoms with Crippen molar-refractivity contribution in [1.29, 1.82) is 0 Å². The molecule has 1 N–H and O–H groups in total. The third-order valence-corrected chi connectivity index (χ3v) is 7.64. The van der Waals surface area contributed by atoms with E-state index in [9.17, 15) is 9.59 Å². The lowest BCUT2D eigenvalue weighted by Gasteiger charge is -2.23. The molecule has 0 fully saturated rings. The van der Waals surface area contributed by atoms with Gasteiger partial charge in [0.1, 0.15) is 16.7 Å². The Morgan fingerprint density at radius 2 is 1.87 bits per heavy atom. The van der Waals surface area contributed by atoms with Gasteiger partial charge >= 0.3 is 0 Å². The molecule has 0 saturated carbocycles. The predicted octanol–water partition coefficient (Wildman–Crippen LogP) is 5.54. The maximum Gasteiger partial charge on any atom is 0.262 e. The minimum absolute atomic E-state index is 0.0278. The van der Waals surface area contributed by atoms with Gasteiger partial charge in [-0.25, -0.2) is 5.01 Å². The summed E-state index contributed by atoms with van der Waals surface area (Å²) in [6.07, 6.45) is 0.571. The van der Waals surface area contributed by atoms with Crippen LogP contribution < -0.4 is 14.8 Å². The molecule has 2 aliphatic rings. The zero-order valence-electron chi connectivity index (χ0n) is 20.8. The number of nitrogens with zero attached hydrogens (tertiary/aromatic N) is 3. The molecule has 194 valence electrons. The molecule has 0 aliphatic carbocycles. The molecule has 8 nitrogen and oxygen atoms in total. The zero-order chi connectivity index (χ0) is 26.6. The first kappa shape index (κ1) is 25.8. The molecule has 5 rings (SSSR count). The lowest BCUT2D eigenvalue weighted by Crippen LogP contribution is -2.25. The predicted molar refractivity (Wildman–Crippen MR) is 150 cm³/mol. The van der Waals surface area contributed by atoms with E-state index in [1.165, 1.54) is 18.9 Å². The summed E-state index contributed by atoms with van der Waals surface area (Å²) in [6, 6.07) is 22.2. The number of rotatable bonds is 7. The van der Waals surface area contributed by atoms with Crippen LogP contribution in [0.2, 0.25) is 5.02 Å². The molecule has 0 bridgehead atoms. The molecule has 2 amide bonds. The third kappa shape index (κ3) is 5.54. The maximum atomic E-state index is 12.9. The first-order valence-electron chi connectivity index (χ1n) is 11.9. The van der Waals surface area contributed by atoms with Gasteiger partial charge < -0.3 is 14.8 Å². The van der Waals surface area contributed by atoms with Crippen molar-refractivity contribution in [2.24, 2.45) is 10.1 Å². The molecule has 0 aromatic heterocycles. The Morgan fingerprint density at radius 3 is 2.63 bits per heavy atom. The van der Waals surface area contributed by atoms with Crippen LogP contribution >= 0.6 is 23.4 Å². The highest BCUT2D eigenvalue weighted by molar-refractivity contribution is 8.15. The van der Waals surface area contributed by atoms with E-state index >= 15 is 0 Å². The highest BCUT2D eigenvalue weighted by atomic mass is 35.5. The number of nitrogens with one attached hydrogen (secondary N) is 1. The summed E-state index contributed by atoms with van der Waals surface area (Å²) >= 11 is 7.33. The smallest absolute Gasteiger partial charge is 0.262 e. The Balaban J connectivity index is 1.36. The van der Waals surface area contributed by atoms with Crippen molar-refractivity contribution in [3.8, 4) is 11.5 Å². The molecule has 0 saturated heterocycles. The van der Waals surface area contributed by atoms with Crippen molar-refractivity contribution in [3.05, 3.63) is 88.9 Å². The van der Waals surface area contributed by atoms with Crippen molar-refractivity contribution in [2.75, 3.05) is 19.5 Å². The SMILES string of the molecule is COc1cccc([C@H]2CC(c3ccc(Cl)cc3)=NN2C2=NC(=O)[C@@H](CC(=O)Nc3ccccc3OC)S2)c1. The number of carbonyl (C=O) groups is 2. The van der Waals surface area contributed by atoms with Crippen LogP contribution in [0.4, 0.5) is 5.69 Å². The summed E-state index contributed by atoms with van der Waals surface area (Å²) < 4.78 is 10.7. The summed E-state index contributed by atoms with van der Waals surface area (Å²) in [6.45, 7) is 0. The summed E-state index contributed by atoms with van der Waals surface area (Å²) in [5.74, 6) is 0.614. The van der Waals surface area contributed by atoms with E-state index in [2.05, 4.69) is 10.3 Å². The summed E-state index contributed by atoms with van der Waals surface area (Å²) in [5, 5.41) is 9.92. The van der Waals surface area contributed by atoms with Crippen LogP contribution in [-0.2, 0) is 9.59 Å². The standard InChI is InChI=1S/C28H25ClN4O4S/c1-36-20-7-5-6-18(14-20)23-15-22(17-10-12-19(29)13-11-17)32-33(23)28-31-27(35)25(38-28)16-26(34)30-21-8-3-4-9-24(21)37-2/h3-14,23,25H,15-16H2,1-2H3,(H,30,34)/t23-,25-/m1/s1. The van der Waals surface area contributed by atoms with Crippen molar-refractivity contribution in [1.82, 2.24) is 5.01 Å². The number of amides is 2. The van der Waals surface area contributed by atoms with Gasteiger partial charge in [-0.05, 0) is 47.5 Å². The highest BCUT2D eigenvalue weighted by Gasteiger charge is 2.39. The number of hydrogen-bond donors (Lipinski definition) is 1. The third-order valence-electron chi connectivity index (χ3n) is 6.24. The average molecular weight is 549 g/mol. The average Bonchev–Trinajstić information content (AvgIpc) is 3.53. The molecular formula is C28H25ClN4O4S. The van der Waals surface area contributed by atoms with E-state index in [0.717, 1.165) is 22.6 Å². The van der Waals surface area contributed by atoms with E-state index < -0.39 is 5.25 Å². The van der Waals surface area contributed by atoms with Crippen molar-refractivity contribution < 1.29 is 19.1 Å². The molecule has 0 spiro atoms. The number of hydrogen-bond acceptors (Lipinski definition) is 7. The molecule has 3 aromatic rings. The molecule has 3 aromatic carbocycles. The Kier molecular flexibility index (Phi) is 7.67. The number of aliphatic imine (C=N–C) groups is 1. The van der Waals surface area contributed by atoms with Crippen LogP contribution in [0, 0.1) is 0 Å². The van der Waals surface area contributed by atoms with Gasteiger partial charge in [-0.3, -0.25) is 9.59 Å². The number of anilines is 1. The van der Waals surface area contributed by atoms with Crippen LogP contribution in [0.25, 0.3) is 0 Å². The molecule has 38 heavy (non-hydrogen) atoms. The Morgan fingerprint density at radius 1 is 1.08 bits per heavy atom. The first-order valence-corrected chi connectivity index (χ1v) is 13.2. The van der Waals surface area contributed by atoms with Gasteiger partial charge in [0.25, 0.3) is 5.91 Å². The van der Waals surface area contributed by atoms with Gasteiger partial charge in [-0.15, -0.1) is 0 Å². The van der Waals surface area contributed by atoms with E-state index in [4.69, 9.17) is 26.2 Å². The van der Waals surface area contributed by atoms with Crippen LogP contribution in [0.5, 0.6) is 11.5 Å². The van der Waals surface area contributed by atoms with Gasteiger partial charge in [-0.1, -0.05) is 59.8 Å². The Bertz CT molecular complexity index is 1430. The number of ether oxygens (including phenoxy) is 2. The second-order valence-corrected chi connectivity index (χ2v) is 10.3. The van der Waals surface area contributed by atoms with Crippen LogP contribution in [0.3, 0.4) is 0 Å². The number of amidine groups is 1. The molecule has 2 atom stereocenters. The quantitative estimate of drug-likeness (QED) is 0.417. The minimum atomic E-state index is -0.652. The molecule has 2 heterocycles. The Labute approximate surface area is 229 Å². The normalized spacial score (nSPS) is 18.7. The highest BCUT2D eigenvalue weighted by Crippen LogP contribution is 2.39. The van der Waals surface area contributed by atoms with Crippen molar-refractivity contribution in [3.63, 3.8) is 0 Å². The van der Waals surface area contributed by atoms with E-state index in [1.54, 1.807) is 30.3 Å². The second-order valence-electron chi connectivity index (χ2n) is 8.69. The number of carbonyl (C=O) groups excluding carboxylic acids is 2. The van der Waals surface area contributed by atoms with Gasteiger partial charge in [0.2, 0.25) is 5.91 Å². The number of halogens is 1. The molecule has 0 unspecified atom stereocenters. The number of benzene rings is 3. The number of methoxy groups -OCH3 is 2. The largest absolute Gasteiger partial charge is 0.497 e. The fraction of sp³-hybridized carbons (Fsp3) is 0.214. The summed E-state index contributed by atoms with van der Waals surface area (Å²) in [5.41, 5.74) is 3.31. The number of thioether (sulfide) groups is 1. The molecular weight excluding hydrogens is 524 g/mol. The van der Waals surface area contributed by atoms with Gasteiger partial charge in [0, 0.05) is 17.9 Å². The topological polar surface area (TPSA) is 92.6 Å². The lowest BCUT2D eigenvalue weighted by atomic mass is 9.98. The molecule has 2 aliphatic heterocycles.